The number of halogens is 2. The zero-order chi connectivity index (χ0) is 24.1. The number of nitrogens with zero attached hydrogens (tertiary/aromatic N) is 2. The number of rotatable bonds is 9. The van der Waals surface area contributed by atoms with Gasteiger partial charge in [-0.2, -0.15) is 0 Å². The van der Waals surface area contributed by atoms with Crippen molar-refractivity contribution in [3.63, 3.8) is 0 Å². The molecule has 0 saturated carbocycles. The number of hydrogen-bond donors (Lipinski definition) is 1. The van der Waals surface area contributed by atoms with Gasteiger partial charge in [0.05, 0.1) is 19.1 Å². The molecule has 11 heteroatoms. The molecule has 0 aromatic heterocycles. The summed E-state index contributed by atoms with van der Waals surface area (Å²) in [7, 11) is -0.882. The van der Waals surface area contributed by atoms with Crippen LogP contribution in [0.5, 0.6) is 5.75 Å². The molecule has 2 rings (SSSR count). The van der Waals surface area contributed by atoms with E-state index in [1.807, 2.05) is 0 Å². The van der Waals surface area contributed by atoms with Gasteiger partial charge in [0.1, 0.15) is 18.3 Å². The lowest BCUT2D eigenvalue weighted by molar-refractivity contribution is -0.139. The smallest absolute Gasteiger partial charge is 0.244 e. The van der Waals surface area contributed by atoms with Crippen molar-refractivity contribution in [3.05, 3.63) is 58.1 Å². The Bertz CT molecular complexity index is 1070. The second-order valence-electron chi connectivity index (χ2n) is 7.06. The Kier molecular flexibility index (Phi) is 8.77. The first-order valence-corrected chi connectivity index (χ1v) is 12.1. The van der Waals surface area contributed by atoms with E-state index in [4.69, 9.17) is 27.9 Å². The number of sulfonamides is 1. The second kappa shape index (κ2) is 10.9. The fourth-order valence-electron chi connectivity index (χ4n) is 3.06. The van der Waals surface area contributed by atoms with E-state index in [0.29, 0.717) is 11.3 Å². The summed E-state index contributed by atoms with van der Waals surface area (Å²) in [5.74, 6) is -0.378. The molecular weight excluding hydrogens is 477 g/mol. The van der Waals surface area contributed by atoms with Gasteiger partial charge in [-0.3, -0.25) is 13.9 Å². The summed E-state index contributed by atoms with van der Waals surface area (Å²) in [6.45, 7) is 1.09. The lowest BCUT2D eigenvalue weighted by atomic mass is 10.1. The third-order valence-corrected chi connectivity index (χ3v) is 6.29. The quantitative estimate of drug-likeness (QED) is 0.569. The van der Waals surface area contributed by atoms with Gasteiger partial charge in [-0.1, -0.05) is 35.3 Å². The molecule has 0 fully saturated rings. The Hall–Kier alpha value is -2.49. The van der Waals surface area contributed by atoms with Crippen LogP contribution in [0.4, 0.5) is 5.69 Å². The molecule has 0 spiro atoms. The Morgan fingerprint density at radius 1 is 1.12 bits per heavy atom. The summed E-state index contributed by atoms with van der Waals surface area (Å²) in [5.41, 5.74) is 0.859. The van der Waals surface area contributed by atoms with Gasteiger partial charge >= 0.3 is 0 Å². The lowest BCUT2D eigenvalue weighted by Crippen LogP contribution is -2.50. The average Bonchev–Trinajstić information content (AvgIpc) is 2.73. The molecule has 32 heavy (non-hydrogen) atoms. The minimum Gasteiger partial charge on any atom is -0.497 e. The highest BCUT2D eigenvalue weighted by atomic mass is 35.5. The van der Waals surface area contributed by atoms with Crippen LogP contribution in [0.2, 0.25) is 10.0 Å². The zero-order valence-electron chi connectivity index (χ0n) is 18.1. The molecule has 0 aliphatic carbocycles. The molecule has 1 atom stereocenters. The molecule has 0 aliphatic rings. The number of amides is 2. The van der Waals surface area contributed by atoms with Gasteiger partial charge in [0.2, 0.25) is 21.8 Å². The number of likely N-dealkylation sites (N-methyl/N-ethyl adjacent to an activating group) is 1. The fourth-order valence-corrected chi connectivity index (χ4v) is 4.40. The van der Waals surface area contributed by atoms with Crippen LogP contribution in [-0.4, -0.2) is 58.1 Å². The van der Waals surface area contributed by atoms with E-state index in [1.165, 1.54) is 37.3 Å². The van der Waals surface area contributed by atoms with Crippen LogP contribution in [0.3, 0.4) is 0 Å². The molecule has 2 aromatic rings. The fraction of sp³-hybridized carbons (Fsp3) is 0.333. The highest BCUT2D eigenvalue weighted by Gasteiger charge is 2.30. The number of methoxy groups -OCH3 is 1. The predicted molar refractivity (Wildman–Crippen MR) is 126 cm³/mol. The SMILES string of the molecule is CNC(=O)C(C)N(Cc1cccc(OC)c1)C(=O)CN(c1cc(Cl)cc(Cl)c1)S(C)(=O)=O. The largest absolute Gasteiger partial charge is 0.497 e. The van der Waals surface area contributed by atoms with Crippen LogP contribution in [0.1, 0.15) is 12.5 Å². The van der Waals surface area contributed by atoms with Crippen molar-refractivity contribution in [2.75, 3.05) is 31.3 Å². The van der Waals surface area contributed by atoms with E-state index < -0.39 is 34.4 Å². The Labute approximate surface area is 198 Å². The highest BCUT2D eigenvalue weighted by Crippen LogP contribution is 2.27. The van der Waals surface area contributed by atoms with Crippen molar-refractivity contribution in [3.8, 4) is 5.75 Å². The molecule has 174 valence electrons. The minimum atomic E-state index is -3.87. The van der Waals surface area contributed by atoms with Crippen LogP contribution in [-0.2, 0) is 26.2 Å². The third kappa shape index (κ3) is 6.75. The summed E-state index contributed by atoms with van der Waals surface area (Å²) in [5, 5.41) is 2.96. The molecule has 0 bridgehead atoms. The van der Waals surface area contributed by atoms with Gasteiger partial charge in [0.15, 0.2) is 0 Å². The molecule has 0 heterocycles. The maximum Gasteiger partial charge on any atom is 0.244 e. The number of anilines is 1. The second-order valence-corrected chi connectivity index (χ2v) is 9.84. The predicted octanol–water partition coefficient (Wildman–Crippen LogP) is 2.93. The van der Waals surface area contributed by atoms with E-state index in [2.05, 4.69) is 5.32 Å². The normalized spacial score (nSPS) is 12.1. The van der Waals surface area contributed by atoms with Crippen LogP contribution in [0, 0.1) is 0 Å². The summed E-state index contributed by atoms with van der Waals surface area (Å²) in [4.78, 5) is 26.9. The summed E-state index contributed by atoms with van der Waals surface area (Å²) in [6, 6.07) is 10.4. The van der Waals surface area contributed by atoms with Gasteiger partial charge in [-0.15, -0.1) is 0 Å². The highest BCUT2D eigenvalue weighted by molar-refractivity contribution is 7.92. The molecule has 1 N–H and O–H groups in total. The van der Waals surface area contributed by atoms with Crippen molar-refractivity contribution in [1.82, 2.24) is 10.2 Å². The van der Waals surface area contributed by atoms with Crippen LogP contribution in [0.15, 0.2) is 42.5 Å². The summed E-state index contributed by atoms with van der Waals surface area (Å²) in [6.07, 6.45) is 0.976. The van der Waals surface area contributed by atoms with Gasteiger partial charge in [-0.25, -0.2) is 8.42 Å². The standard InChI is InChI=1S/C21H25Cl2N3O5S/c1-14(21(28)24-2)25(12-15-6-5-7-19(8-15)31-3)20(27)13-26(32(4,29)30)18-10-16(22)9-17(23)11-18/h5-11,14H,12-13H2,1-4H3,(H,24,28). The Balaban J connectivity index is 2.42. The summed E-state index contributed by atoms with van der Waals surface area (Å²) < 4.78 is 31.1. The molecule has 8 nitrogen and oxygen atoms in total. The molecule has 1 unspecified atom stereocenters. The van der Waals surface area contributed by atoms with Crippen LogP contribution >= 0.6 is 23.2 Å². The molecular formula is C21H25Cl2N3O5S. The minimum absolute atomic E-state index is 0.0680. The number of carbonyl (C=O) groups excluding carboxylic acids is 2. The van der Waals surface area contributed by atoms with Crippen molar-refractivity contribution < 1.29 is 22.7 Å². The monoisotopic (exact) mass is 501 g/mol. The van der Waals surface area contributed by atoms with Crippen molar-refractivity contribution in [2.24, 2.45) is 0 Å². The average molecular weight is 502 g/mol. The Morgan fingerprint density at radius 3 is 2.28 bits per heavy atom. The number of carbonyl (C=O) groups is 2. The number of benzene rings is 2. The first kappa shape index (κ1) is 25.8. The molecule has 2 aromatic carbocycles. The van der Waals surface area contributed by atoms with Gasteiger partial charge < -0.3 is 15.0 Å². The van der Waals surface area contributed by atoms with Gasteiger partial charge in [-0.05, 0) is 42.8 Å². The van der Waals surface area contributed by atoms with E-state index in [9.17, 15) is 18.0 Å². The van der Waals surface area contributed by atoms with Gasteiger partial charge in [0, 0.05) is 23.6 Å². The maximum atomic E-state index is 13.3. The van der Waals surface area contributed by atoms with Gasteiger partial charge in [0.25, 0.3) is 0 Å². The van der Waals surface area contributed by atoms with E-state index in [-0.39, 0.29) is 22.3 Å². The molecule has 0 saturated heterocycles. The molecule has 0 aliphatic heterocycles. The lowest BCUT2D eigenvalue weighted by Gasteiger charge is -2.31. The van der Waals surface area contributed by atoms with Crippen LogP contribution < -0.4 is 14.4 Å². The number of nitrogens with one attached hydrogen (secondary N) is 1. The van der Waals surface area contributed by atoms with E-state index in [1.54, 1.807) is 31.2 Å². The topological polar surface area (TPSA) is 96.0 Å². The number of ether oxygens (including phenoxy) is 1. The van der Waals surface area contributed by atoms with E-state index >= 15 is 0 Å². The van der Waals surface area contributed by atoms with Crippen molar-refractivity contribution >= 4 is 50.7 Å². The summed E-state index contributed by atoms with van der Waals surface area (Å²) >= 11 is 12.0. The first-order chi connectivity index (χ1) is 15.0. The van der Waals surface area contributed by atoms with Crippen molar-refractivity contribution in [2.45, 2.75) is 19.5 Å². The van der Waals surface area contributed by atoms with Crippen LogP contribution in [0.25, 0.3) is 0 Å². The number of hydrogen-bond acceptors (Lipinski definition) is 5. The molecule has 0 radical (unpaired) electrons. The van der Waals surface area contributed by atoms with Crippen molar-refractivity contribution in [1.29, 1.82) is 0 Å². The third-order valence-electron chi connectivity index (χ3n) is 4.72. The Morgan fingerprint density at radius 2 is 1.75 bits per heavy atom. The molecule has 2 amide bonds. The maximum absolute atomic E-state index is 13.3. The first-order valence-electron chi connectivity index (χ1n) is 9.54. The zero-order valence-corrected chi connectivity index (χ0v) is 20.5. The van der Waals surface area contributed by atoms with E-state index in [0.717, 1.165) is 10.6 Å².